The predicted molar refractivity (Wildman–Crippen MR) is 135 cm³/mol. The third-order valence-electron chi connectivity index (χ3n) is 6.07. The van der Waals surface area contributed by atoms with Gasteiger partial charge in [0.05, 0.1) is 25.8 Å². The molecule has 186 valence electrons. The lowest BCUT2D eigenvalue weighted by Gasteiger charge is -2.40. The van der Waals surface area contributed by atoms with Crippen LogP contribution in [-0.4, -0.2) is 79.6 Å². The lowest BCUT2D eigenvalue weighted by molar-refractivity contribution is -0.135. The van der Waals surface area contributed by atoms with Crippen molar-refractivity contribution in [1.82, 2.24) is 14.7 Å². The molecular formula is C28H40FN3O2. The van der Waals surface area contributed by atoms with Crippen LogP contribution in [0.3, 0.4) is 0 Å². The number of carbonyl (C=O) groups excluding carboxylic acids is 1. The third kappa shape index (κ3) is 7.90. The van der Waals surface area contributed by atoms with E-state index in [2.05, 4.69) is 61.8 Å². The van der Waals surface area contributed by atoms with Gasteiger partial charge in [0.1, 0.15) is 5.82 Å². The van der Waals surface area contributed by atoms with Crippen molar-refractivity contribution in [3.8, 4) is 0 Å². The van der Waals surface area contributed by atoms with Gasteiger partial charge in [0.25, 0.3) is 0 Å². The number of benzene rings is 2. The summed E-state index contributed by atoms with van der Waals surface area (Å²) in [6.07, 6.45) is 0. The zero-order valence-corrected chi connectivity index (χ0v) is 21.2. The first-order valence-corrected chi connectivity index (χ1v) is 12.5. The van der Waals surface area contributed by atoms with Crippen molar-refractivity contribution in [3.63, 3.8) is 0 Å². The van der Waals surface area contributed by atoms with Gasteiger partial charge in [-0.2, -0.15) is 0 Å². The van der Waals surface area contributed by atoms with E-state index >= 15 is 0 Å². The Labute approximate surface area is 204 Å². The topological polar surface area (TPSA) is 36.0 Å². The monoisotopic (exact) mass is 469 g/mol. The molecule has 0 radical (unpaired) electrons. The lowest BCUT2D eigenvalue weighted by atomic mass is 9.95. The average Bonchev–Trinajstić information content (AvgIpc) is 2.82. The second-order valence-corrected chi connectivity index (χ2v) is 9.90. The van der Waals surface area contributed by atoms with E-state index in [9.17, 15) is 9.18 Å². The van der Waals surface area contributed by atoms with E-state index in [1.165, 1.54) is 23.3 Å². The first-order valence-electron chi connectivity index (χ1n) is 12.5. The number of rotatable bonds is 5. The van der Waals surface area contributed by atoms with Gasteiger partial charge in [-0.3, -0.25) is 14.6 Å². The zero-order chi connectivity index (χ0) is 24.5. The first kappa shape index (κ1) is 26.3. The number of ether oxygens (including phenoxy) is 1. The molecule has 2 aliphatic heterocycles. The minimum Gasteiger partial charge on any atom is -0.379 e. The lowest BCUT2D eigenvalue weighted by Crippen LogP contribution is -2.52. The number of amides is 1. The second kappa shape index (κ2) is 13.0. The molecule has 6 heteroatoms. The quantitative estimate of drug-likeness (QED) is 0.652. The van der Waals surface area contributed by atoms with E-state index < -0.39 is 0 Å². The number of carbonyl (C=O) groups is 1. The molecule has 0 saturated carbocycles. The highest BCUT2D eigenvalue weighted by Crippen LogP contribution is 2.30. The normalized spacial score (nSPS) is 18.4. The molecule has 2 fully saturated rings. The smallest absolute Gasteiger partial charge is 0.236 e. The van der Waals surface area contributed by atoms with Crippen molar-refractivity contribution in [2.75, 3.05) is 59.0 Å². The molecule has 2 aromatic carbocycles. The number of hydrogen-bond acceptors (Lipinski definition) is 4. The van der Waals surface area contributed by atoms with Crippen molar-refractivity contribution >= 4 is 5.91 Å². The van der Waals surface area contributed by atoms with E-state index in [0.717, 1.165) is 37.7 Å². The van der Waals surface area contributed by atoms with Crippen LogP contribution in [0, 0.1) is 18.7 Å². The van der Waals surface area contributed by atoms with Crippen molar-refractivity contribution in [2.45, 2.75) is 33.7 Å². The summed E-state index contributed by atoms with van der Waals surface area (Å²) < 4.78 is 18.9. The van der Waals surface area contributed by atoms with Crippen molar-refractivity contribution in [3.05, 3.63) is 71.0 Å². The molecule has 0 N–H and O–H groups in total. The van der Waals surface area contributed by atoms with Crippen LogP contribution >= 0.6 is 0 Å². The number of hydrogen-bond donors (Lipinski definition) is 0. The summed E-state index contributed by atoms with van der Waals surface area (Å²) in [5, 5.41) is 0. The summed E-state index contributed by atoms with van der Waals surface area (Å²) >= 11 is 0. The Morgan fingerprint density at radius 3 is 1.88 bits per heavy atom. The minimum absolute atomic E-state index is 0.0581. The highest BCUT2D eigenvalue weighted by Gasteiger charge is 2.29. The Bertz CT molecular complexity index is 823. The fourth-order valence-electron chi connectivity index (χ4n) is 4.29. The Morgan fingerprint density at radius 1 is 0.853 bits per heavy atom. The van der Waals surface area contributed by atoms with Gasteiger partial charge >= 0.3 is 0 Å². The highest BCUT2D eigenvalue weighted by molar-refractivity contribution is 5.78. The molecule has 2 aromatic rings. The molecule has 0 spiro atoms. The first-order chi connectivity index (χ1) is 16.3. The van der Waals surface area contributed by atoms with Gasteiger partial charge in [0.2, 0.25) is 5.91 Å². The summed E-state index contributed by atoms with van der Waals surface area (Å²) in [4.78, 5) is 19.3. The van der Waals surface area contributed by atoms with Gasteiger partial charge in [-0.1, -0.05) is 62.7 Å². The van der Waals surface area contributed by atoms with Crippen LogP contribution in [0.5, 0.6) is 0 Å². The molecule has 5 nitrogen and oxygen atoms in total. The van der Waals surface area contributed by atoms with E-state index in [-0.39, 0.29) is 17.8 Å². The average molecular weight is 470 g/mol. The second-order valence-electron chi connectivity index (χ2n) is 9.90. The molecule has 0 bridgehead atoms. The summed E-state index contributed by atoms with van der Waals surface area (Å²) in [5.74, 6) is 0.810. The van der Waals surface area contributed by atoms with Crippen LogP contribution < -0.4 is 0 Å². The molecule has 4 rings (SSSR count). The van der Waals surface area contributed by atoms with Gasteiger partial charge in [-0.15, -0.1) is 0 Å². The molecule has 34 heavy (non-hydrogen) atoms. The maximum atomic E-state index is 13.5. The van der Waals surface area contributed by atoms with Crippen LogP contribution in [0.2, 0.25) is 0 Å². The zero-order valence-electron chi connectivity index (χ0n) is 21.2. The van der Waals surface area contributed by atoms with Crippen molar-refractivity contribution < 1.29 is 13.9 Å². The SMILES string of the molecule is CC(C)C.Cc1ccc(C(c2ccc(F)cc2)N2CCN(C(=O)CN3CCOCC3)CC2)cc1. The van der Waals surface area contributed by atoms with Gasteiger partial charge < -0.3 is 9.64 Å². The van der Waals surface area contributed by atoms with E-state index in [0.29, 0.717) is 32.8 Å². The van der Waals surface area contributed by atoms with Gasteiger partial charge in [0.15, 0.2) is 0 Å². The standard InChI is InChI=1S/C24H30FN3O2.C4H10/c1-19-2-4-20(5-3-19)24(21-6-8-22(25)9-7-21)28-12-10-27(11-13-28)23(29)18-26-14-16-30-17-15-26;1-4(2)3/h2-9,24H,10-18H2,1H3;4H,1-3H3. The summed E-state index contributed by atoms with van der Waals surface area (Å²) in [5.41, 5.74) is 3.49. The van der Waals surface area contributed by atoms with Gasteiger partial charge in [-0.05, 0) is 36.1 Å². The third-order valence-corrected chi connectivity index (χ3v) is 6.07. The predicted octanol–water partition coefficient (Wildman–Crippen LogP) is 4.36. The number of piperazine rings is 1. The molecule has 1 amide bonds. The molecule has 1 unspecified atom stereocenters. The van der Waals surface area contributed by atoms with Gasteiger partial charge in [0, 0.05) is 39.3 Å². The van der Waals surface area contributed by atoms with Crippen LogP contribution in [0.25, 0.3) is 0 Å². The Kier molecular flexibility index (Phi) is 10.1. The fraction of sp³-hybridized carbons (Fsp3) is 0.536. The summed E-state index contributed by atoms with van der Waals surface area (Å²) in [6.45, 7) is 15.1. The molecule has 0 aromatic heterocycles. The Balaban J connectivity index is 0.000000751. The van der Waals surface area contributed by atoms with Crippen LogP contribution in [0.15, 0.2) is 48.5 Å². The van der Waals surface area contributed by atoms with Crippen LogP contribution in [0.4, 0.5) is 4.39 Å². The molecule has 2 heterocycles. The van der Waals surface area contributed by atoms with E-state index in [4.69, 9.17) is 4.74 Å². The van der Waals surface area contributed by atoms with E-state index in [1.807, 2.05) is 17.0 Å². The molecular weight excluding hydrogens is 429 g/mol. The Hall–Kier alpha value is -2.28. The minimum atomic E-state index is -0.222. The Morgan fingerprint density at radius 2 is 1.35 bits per heavy atom. The van der Waals surface area contributed by atoms with Gasteiger partial charge in [-0.25, -0.2) is 4.39 Å². The van der Waals surface area contributed by atoms with Crippen molar-refractivity contribution in [1.29, 1.82) is 0 Å². The van der Waals surface area contributed by atoms with E-state index in [1.54, 1.807) is 0 Å². The largest absolute Gasteiger partial charge is 0.379 e. The number of morpholine rings is 1. The molecule has 0 aliphatic carbocycles. The molecule has 1 atom stereocenters. The number of aryl methyl sites for hydroxylation is 1. The number of halogens is 1. The maximum Gasteiger partial charge on any atom is 0.236 e. The molecule has 2 aliphatic rings. The number of nitrogens with zero attached hydrogens (tertiary/aromatic N) is 3. The summed E-state index contributed by atoms with van der Waals surface area (Å²) in [6, 6.07) is 15.4. The van der Waals surface area contributed by atoms with Crippen LogP contribution in [0.1, 0.15) is 43.5 Å². The van der Waals surface area contributed by atoms with Crippen molar-refractivity contribution in [2.24, 2.45) is 5.92 Å². The molecule has 2 saturated heterocycles. The summed E-state index contributed by atoms with van der Waals surface area (Å²) in [7, 11) is 0. The van der Waals surface area contributed by atoms with Crippen LogP contribution in [-0.2, 0) is 9.53 Å². The fourth-order valence-corrected chi connectivity index (χ4v) is 4.29. The maximum absolute atomic E-state index is 13.5. The highest BCUT2D eigenvalue weighted by atomic mass is 19.1.